The predicted octanol–water partition coefficient (Wildman–Crippen LogP) is 1.31. The maximum absolute atomic E-state index is 4.58. The SMILES string of the molecule is CN(C)c1ccnc(C2CCCN2C)n1. The lowest BCUT2D eigenvalue weighted by molar-refractivity contribution is 0.305. The van der Waals surface area contributed by atoms with Gasteiger partial charge in [-0.2, -0.15) is 0 Å². The van der Waals surface area contributed by atoms with Crippen molar-refractivity contribution in [3.63, 3.8) is 0 Å². The quantitative estimate of drug-likeness (QED) is 0.730. The number of rotatable bonds is 2. The second-order valence-corrected chi connectivity index (χ2v) is 4.31. The van der Waals surface area contributed by atoms with Gasteiger partial charge < -0.3 is 4.90 Å². The monoisotopic (exact) mass is 206 g/mol. The van der Waals surface area contributed by atoms with Gasteiger partial charge in [-0.3, -0.25) is 4.90 Å². The van der Waals surface area contributed by atoms with Crippen LogP contribution in [0.1, 0.15) is 24.7 Å². The number of hydrogen-bond acceptors (Lipinski definition) is 4. The van der Waals surface area contributed by atoms with Crippen LogP contribution in [0.5, 0.6) is 0 Å². The van der Waals surface area contributed by atoms with Gasteiger partial charge in [-0.05, 0) is 32.5 Å². The third-order valence-electron chi connectivity index (χ3n) is 2.94. The van der Waals surface area contributed by atoms with Crippen LogP contribution < -0.4 is 4.90 Å². The molecule has 1 aromatic rings. The van der Waals surface area contributed by atoms with Gasteiger partial charge in [-0.25, -0.2) is 9.97 Å². The molecule has 15 heavy (non-hydrogen) atoms. The summed E-state index contributed by atoms with van der Waals surface area (Å²) in [7, 11) is 6.15. The molecule has 82 valence electrons. The first-order chi connectivity index (χ1) is 7.18. The molecule has 0 saturated carbocycles. The third kappa shape index (κ3) is 2.09. The van der Waals surface area contributed by atoms with Crippen molar-refractivity contribution < 1.29 is 0 Å². The molecule has 1 aliphatic heterocycles. The third-order valence-corrected chi connectivity index (χ3v) is 2.94. The molecule has 0 spiro atoms. The first-order valence-electron chi connectivity index (χ1n) is 5.39. The highest BCUT2D eigenvalue weighted by Crippen LogP contribution is 2.28. The van der Waals surface area contributed by atoms with Crippen molar-refractivity contribution in [1.29, 1.82) is 0 Å². The molecule has 4 heteroatoms. The maximum atomic E-state index is 4.58. The zero-order chi connectivity index (χ0) is 10.8. The first kappa shape index (κ1) is 10.4. The smallest absolute Gasteiger partial charge is 0.147 e. The molecular formula is C11H18N4. The van der Waals surface area contributed by atoms with E-state index in [2.05, 4.69) is 21.9 Å². The van der Waals surface area contributed by atoms with Crippen LogP contribution in [0.25, 0.3) is 0 Å². The van der Waals surface area contributed by atoms with Gasteiger partial charge >= 0.3 is 0 Å². The standard InChI is InChI=1S/C11H18N4/c1-14(2)10-6-7-12-11(13-10)9-5-4-8-15(9)3/h6-7,9H,4-5,8H2,1-3H3. The van der Waals surface area contributed by atoms with Gasteiger partial charge in [0.25, 0.3) is 0 Å². The Labute approximate surface area is 90.9 Å². The summed E-state index contributed by atoms with van der Waals surface area (Å²) < 4.78 is 0. The van der Waals surface area contributed by atoms with Gasteiger partial charge in [0.1, 0.15) is 11.6 Å². The molecule has 0 aromatic carbocycles. The maximum Gasteiger partial charge on any atom is 0.147 e. The predicted molar refractivity (Wildman–Crippen MR) is 61.0 cm³/mol. The Kier molecular flexibility index (Phi) is 2.86. The van der Waals surface area contributed by atoms with Crippen LogP contribution in [0.15, 0.2) is 12.3 Å². The average molecular weight is 206 g/mol. The van der Waals surface area contributed by atoms with E-state index in [0.29, 0.717) is 6.04 Å². The molecule has 1 saturated heterocycles. The van der Waals surface area contributed by atoms with E-state index in [1.165, 1.54) is 12.8 Å². The molecular weight excluding hydrogens is 188 g/mol. The largest absolute Gasteiger partial charge is 0.363 e. The van der Waals surface area contributed by atoms with E-state index in [-0.39, 0.29) is 0 Å². The van der Waals surface area contributed by atoms with E-state index in [1.807, 2.05) is 31.3 Å². The molecule has 1 unspecified atom stereocenters. The molecule has 1 fully saturated rings. The van der Waals surface area contributed by atoms with Crippen molar-refractivity contribution in [3.05, 3.63) is 18.1 Å². The van der Waals surface area contributed by atoms with Crippen molar-refractivity contribution >= 4 is 5.82 Å². The number of hydrogen-bond donors (Lipinski definition) is 0. The Morgan fingerprint density at radius 1 is 1.47 bits per heavy atom. The van der Waals surface area contributed by atoms with E-state index < -0.39 is 0 Å². The summed E-state index contributed by atoms with van der Waals surface area (Å²) in [4.78, 5) is 13.3. The van der Waals surface area contributed by atoms with Crippen LogP contribution in [-0.4, -0.2) is 42.6 Å². The summed E-state index contributed by atoms with van der Waals surface area (Å²) in [6, 6.07) is 2.35. The van der Waals surface area contributed by atoms with Crippen LogP contribution in [0.2, 0.25) is 0 Å². The fraction of sp³-hybridized carbons (Fsp3) is 0.636. The molecule has 2 heterocycles. The lowest BCUT2D eigenvalue weighted by Gasteiger charge is -2.19. The molecule has 2 rings (SSSR count). The summed E-state index contributed by atoms with van der Waals surface area (Å²) >= 11 is 0. The lowest BCUT2D eigenvalue weighted by atomic mass is 10.2. The van der Waals surface area contributed by atoms with Crippen molar-refractivity contribution in [2.45, 2.75) is 18.9 Å². The van der Waals surface area contributed by atoms with E-state index in [4.69, 9.17) is 0 Å². The Bertz CT molecular complexity index is 337. The molecule has 0 radical (unpaired) electrons. The number of nitrogens with zero attached hydrogens (tertiary/aromatic N) is 4. The van der Waals surface area contributed by atoms with Crippen LogP contribution in [0.4, 0.5) is 5.82 Å². The zero-order valence-corrected chi connectivity index (χ0v) is 9.64. The van der Waals surface area contributed by atoms with Crippen LogP contribution in [-0.2, 0) is 0 Å². The molecule has 1 aromatic heterocycles. The minimum absolute atomic E-state index is 0.407. The second kappa shape index (κ2) is 4.14. The van der Waals surface area contributed by atoms with Crippen molar-refractivity contribution in [3.8, 4) is 0 Å². The summed E-state index contributed by atoms with van der Waals surface area (Å²) in [5, 5.41) is 0. The van der Waals surface area contributed by atoms with Gasteiger partial charge in [0, 0.05) is 20.3 Å². The Balaban J connectivity index is 2.24. The Hall–Kier alpha value is -1.16. The van der Waals surface area contributed by atoms with Gasteiger partial charge in [0.2, 0.25) is 0 Å². The highest BCUT2D eigenvalue weighted by Gasteiger charge is 2.25. The molecule has 1 atom stereocenters. The Morgan fingerprint density at radius 2 is 2.27 bits per heavy atom. The number of aromatic nitrogens is 2. The second-order valence-electron chi connectivity index (χ2n) is 4.31. The molecule has 0 N–H and O–H groups in total. The van der Waals surface area contributed by atoms with E-state index in [9.17, 15) is 0 Å². The van der Waals surface area contributed by atoms with Crippen LogP contribution in [0.3, 0.4) is 0 Å². The lowest BCUT2D eigenvalue weighted by Crippen LogP contribution is -2.21. The summed E-state index contributed by atoms with van der Waals surface area (Å²) in [6.45, 7) is 1.15. The zero-order valence-electron chi connectivity index (χ0n) is 9.64. The topological polar surface area (TPSA) is 32.3 Å². The first-order valence-corrected chi connectivity index (χ1v) is 5.39. The van der Waals surface area contributed by atoms with Crippen molar-refractivity contribution in [2.24, 2.45) is 0 Å². The fourth-order valence-electron chi connectivity index (χ4n) is 2.01. The minimum Gasteiger partial charge on any atom is -0.363 e. The normalized spacial score (nSPS) is 21.9. The van der Waals surface area contributed by atoms with Gasteiger partial charge in [0.15, 0.2) is 0 Å². The van der Waals surface area contributed by atoms with E-state index in [1.54, 1.807) is 0 Å². The summed E-state index contributed by atoms with van der Waals surface area (Å²) in [6.07, 6.45) is 4.27. The molecule has 0 amide bonds. The van der Waals surface area contributed by atoms with Crippen molar-refractivity contribution in [2.75, 3.05) is 32.6 Å². The van der Waals surface area contributed by atoms with Gasteiger partial charge in [0.05, 0.1) is 6.04 Å². The highest BCUT2D eigenvalue weighted by atomic mass is 15.2. The van der Waals surface area contributed by atoms with Gasteiger partial charge in [-0.1, -0.05) is 0 Å². The number of likely N-dealkylation sites (tertiary alicyclic amines) is 1. The molecule has 1 aliphatic rings. The average Bonchev–Trinajstić information content (AvgIpc) is 2.64. The number of anilines is 1. The minimum atomic E-state index is 0.407. The van der Waals surface area contributed by atoms with Crippen LogP contribution >= 0.6 is 0 Å². The summed E-state index contributed by atoms with van der Waals surface area (Å²) in [5.41, 5.74) is 0. The summed E-state index contributed by atoms with van der Waals surface area (Å²) in [5.74, 6) is 1.95. The molecule has 0 aliphatic carbocycles. The fourth-order valence-corrected chi connectivity index (χ4v) is 2.01. The Morgan fingerprint density at radius 3 is 2.87 bits per heavy atom. The van der Waals surface area contributed by atoms with E-state index in [0.717, 1.165) is 18.2 Å². The van der Waals surface area contributed by atoms with Gasteiger partial charge in [-0.15, -0.1) is 0 Å². The highest BCUT2D eigenvalue weighted by molar-refractivity contribution is 5.35. The van der Waals surface area contributed by atoms with E-state index >= 15 is 0 Å². The molecule has 0 bridgehead atoms. The molecule has 4 nitrogen and oxygen atoms in total. The van der Waals surface area contributed by atoms with Crippen molar-refractivity contribution in [1.82, 2.24) is 14.9 Å². The van der Waals surface area contributed by atoms with Crippen LogP contribution in [0, 0.1) is 0 Å².